The highest BCUT2D eigenvalue weighted by molar-refractivity contribution is 5.78. The zero-order valence-electron chi connectivity index (χ0n) is 16.5. The number of amides is 1. The Morgan fingerprint density at radius 1 is 0.931 bits per heavy atom. The molecular weight excluding hydrogens is 368 g/mol. The number of ether oxygens (including phenoxy) is 2. The van der Waals surface area contributed by atoms with E-state index in [9.17, 15) is 4.79 Å². The van der Waals surface area contributed by atoms with Crippen LogP contribution in [0.2, 0.25) is 0 Å². The Labute approximate surface area is 169 Å². The van der Waals surface area contributed by atoms with Crippen LogP contribution >= 0.6 is 0 Å². The summed E-state index contributed by atoms with van der Waals surface area (Å²) in [6.07, 6.45) is 1.80. The zero-order valence-corrected chi connectivity index (χ0v) is 16.5. The molecule has 7 heteroatoms. The summed E-state index contributed by atoms with van der Waals surface area (Å²) < 4.78 is 11.3. The Morgan fingerprint density at radius 2 is 1.59 bits per heavy atom. The van der Waals surface area contributed by atoms with E-state index >= 15 is 0 Å². The van der Waals surface area contributed by atoms with Gasteiger partial charge in [-0.3, -0.25) is 9.78 Å². The fourth-order valence-corrected chi connectivity index (χ4v) is 3.36. The van der Waals surface area contributed by atoms with E-state index in [1.165, 1.54) is 0 Å². The lowest BCUT2D eigenvalue weighted by atomic mass is 10.3. The number of piperazine rings is 1. The summed E-state index contributed by atoms with van der Waals surface area (Å²) in [5, 5.41) is 0. The monoisotopic (exact) mass is 392 g/mol. The second-order valence-corrected chi connectivity index (χ2v) is 6.75. The van der Waals surface area contributed by atoms with Gasteiger partial charge in [-0.15, -0.1) is 0 Å². The van der Waals surface area contributed by atoms with Crippen LogP contribution in [0.4, 0.5) is 5.82 Å². The number of anilines is 1. The summed E-state index contributed by atoms with van der Waals surface area (Å²) in [7, 11) is 0. The fourth-order valence-electron chi connectivity index (χ4n) is 3.36. The molecular formula is C22H24N4O3. The van der Waals surface area contributed by atoms with Crippen LogP contribution in [0.1, 0.15) is 6.92 Å². The van der Waals surface area contributed by atoms with E-state index in [0.717, 1.165) is 16.9 Å². The predicted molar refractivity (Wildman–Crippen MR) is 111 cm³/mol. The molecule has 2 heterocycles. The normalized spacial score (nSPS) is 14.1. The molecule has 1 fully saturated rings. The van der Waals surface area contributed by atoms with Crippen LogP contribution in [0.3, 0.4) is 0 Å². The predicted octanol–water partition coefficient (Wildman–Crippen LogP) is 2.76. The van der Waals surface area contributed by atoms with Gasteiger partial charge in [0.15, 0.2) is 18.1 Å². The van der Waals surface area contributed by atoms with Gasteiger partial charge in [0.05, 0.1) is 23.8 Å². The third-order valence-corrected chi connectivity index (χ3v) is 4.89. The maximum Gasteiger partial charge on any atom is 0.260 e. The van der Waals surface area contributed by atoms with Crippen molar-refractivity contribution in [2.75, 3.05) is 44.3 Å². The minimum absolute atomic E-state index is 0.000131. The largest absolute Gasteiger partial charge is 0.490 e. The molecule has 0 aliphatic carbocycles. The average Bonchev–Trinajstić information content (AvgIpc) is 2.78. The van der Waals surface area contributed by atoms with Gasteiger partial charge >= 0.3 is 0 Å². The molecule has 1 amide bonds. The molecule has 0 unspecified atom stereocenters. The fraction of sp³-hybridized carbons (Fsp3) is 0.318. The van der Waals surface area contributed by atoms with E-state index in [2.05, 4.69) is 9.88 Å². The minimum atomic E-state index is -0.0273. The first-order valence-electron chi connectivity index (χ1n) is 9.83. The molecule has 1 aliphatic rings. The van der Waals surface area contributed by atoms with Crippen molar-refractivity contribution in [2.24, 2.45) is 0 Å². The Morgan fingerprint density at radius 3 is 2.31 bits per heavy atom. The van der Waals surface area contributed by atoms with Gasteiger partial charge in [-0.25, -0.2) is 4.98 Å². The highest BCUT2D eigenvalue weighted by Crippen LogP contribution is 2.26. The maximum absolute atomic E-state index is 12.6. The smallest absolute Gasteiger partial charge is 0.260 e. The average molecular weight is 392 g/mol. The van der Waals surface area contributed by atoms with Gasteiger partial charge in [0, 0.05) is 26.2 Å². The number of aromatic nitrogens is 2. The molecule has 1 saturated heterocycles. The van der Waals surface area contributed by atoms with Crippen LogP contribution in [-0.2, 0) is 4.79 Å². The zero-order chi connectivity index (χ0) is 20.1. The molecule has 0 radical (unpaired) electrons. The van der Waals surface area contributed by atoms with E-state index < -0.39 is 0 Å². The third-order valence-electron chi connectivity index (χ3n) is 4.89. The number of rotatable bonds is 6. The molecule has 0 spiro atoms. The summed E-state index contributed by atoms with van der Waals surface area (Å²) in [6.45, 7) is 5.16. The van der Waals surface area contributed by atoms with Crippen molar-refractivity contribution in [1.82, 2.24) is 14.9 Å². The van der Waals surface area contributed by atoms with Crippen LogP contribution in [0.15, 0.2) is 54.7 Å². The Balaban J connectivity index is 1.32. The molecule has 150 valence electrons. The molecule has 0 saturated carbocycles. The van der Waals surface area contributed by atoms with Crippen molar-refractivity contribution in [3.63, 3.8) is 0 Å². The van der Waals surface area contributed by atoms with Crippen molar-refractivity contribution >= 4 is 22.8 Å². The molecule has 0 bridgehead atoms. The molecule has 4 rings (SSSR count). The third kappa shape index (κ3) is 4.39. The van der Waals surface area contributed by atoms with Gasteiger partial charge in [-0.05, 0) is 31.2 Å². The number of hydrogen-bond acceptors (Lipinski definition) is 6. The van der Waals surface area contributed by atoms with E-state index in [-0.39, 0.29) is 12.5 Å². The first-order chi connectivity index (χ1) is 14.2. The number of benzene rings is 2. The lowest BCUT2D eigenvalue weighted by molar-refractivity contribution is -0.133. The number of carbonyl (C=O) groups is 1. The second-order valence-electron chi connectivity index (χ2n) is 6.75. The summed E-state index contributed by atoms with van der Waals surface area (Å²) in [6, 6.07) is 15.2. The molecule has 3 aromatic rings. The van der Waals surface area contributed by atoms with E-state index in [4.69, 9.17) is 14.5 Å². The molecule has 1 aliphatic heterocycles. The van der Waals surface area contributed by atoms with Crippen LogP contribution in [0, 0.1) is 0 Å². The summed E-state index contributed by atoms with van der Waals surface area (Å²) in [5.41, 5.74) is 1.76. The van der Waals surface area contributed by atoms with E-state index in [0.29, 0.717) is 44.3 Å². The SMILES string of the molecule is CCOc1ccccc1OCC(=O)N1CCN(c2cnc3ccccc3n2)CC1. The topological polar surface area (TPSA) is 67.8 Å². The molecule has 29 heavy (non-hydrogen) atoms. The summed E-state index contributed by atoms with van der Waals surface area (Å²) in [5.74, 6) is 2.06. The van der Waals surface area contributed by atoms with Gasteiger partial charge in [0.25, 0.3) is 5.91 Å². The molecule has 2 aromatic carbocycles. The van der Waals surface area contributed by atoms with Crippen molar-refractivity contribution < 1.29 is 14.3 Å². The molecule has 1 aromatic heterocycles. The van der Waals surface area contributed by atoms with E-state index in [1.54, 1.807) is 6.20 Å². The van der Waals surface area contributed by atoms with Gasteiger partial charge in [0.2, 0.25) is 0 Å². The van der Waals surface area contributed by atoms with Crippen molar-refractivity contribution in [1.29, 1.82) is 0 Å². The molecule has 0 atom stereocenters. The molecule has 0 N–H and O–H groups in total. The van der Waals surface area contributed by atoms with E-state index in [1.807, 2.05) is 60.4 Å². The first-order valence-corrected chi connectivity index (χ1v) is 9.83. The Bertz CT molecular complexity index is 986. The second kappa shape index (κ2) is 8.77. The number of fused-ring (bicyclic) bond motifs is 1. The minimum Gasteiger partial charge on any atom is -0.490 e. The van der Waals surface area contributed by atoms with Crippen LogP contribution in [0.25, 0.3) is 11.0 Å². The standard InChI is InChI=1S/C22H24N4O3/c1-2-28-19-9-5-6-10-20(19)29-16-22(27)26-13-11-25(12-14-26)21-15-23-17-7-3-4-8-18(17)24-21/h3-10,15H,2,11-14,16H2,1H3. The number of carbonyl (C=O) groups excluding carboxylic acids is 1. The van der Waals surface area contributed by atoms with Gasteiger partial charge < -0.3 is 19.3 Å². The number of nitrogens with zero attached hydrogens (tertiary/aromatic N) is 4. The van der Waals surface area contributed by atoms with Crippen LogP contribution < -0.4 is 14.4 Å². The highest BCUT2D eigenvalue weighted by Gasteiger charge is 2.23. The maximum atomic E-state index is 12.6. The van der Waals surface area contributed by atoms with Crippen LogP contribution in [-0.4, -0.2) is 60.2 Å². The van der Waals surface area contributed by atoms with Gasteiger partial charge in [-0.2, -0.15) is 0 Å². The lowest BCUT2D eigenvalue weighted by Crippen LogP contribution is -2.50. The quantitative estimate of drug-likeness (QED) is 0.643. The van der Waals surface area contributed by atoms with Gasteiger partial charge in [-0.1, -0.05) is 24.3 Å². The van der Waals surface area contributed by atoms with Gasteiger partial charge in [0.1, 0.15) is 5.82 Å². The summed E-state index contributed by atoms with van der Waals surface area (Å²) >= 11 is 0. The Kier molecular flexibility index (Phi) is 5.74. The number of para-hydroxylation sites is 4. The van der Waals surface area contributed by atoms with Crippen molar-refractivity contribution in [3.05, 3.63) is 54.7 Å². The molecule has 7 nitrogen and oxygen atoms in total. The van der Waals surface area contributed by atoms with Crippen molar-refractivity contribution in [2.45, 2.75) is 6.92 Å². The number of hydrogen-bond donors (Lipinski definition) is 0. The highest BCUT2D eigenvalue weighted by atomic mass is 16.5. The van der Waals surface area contributed by atoms with Crippen LogP contribution in [0.5, 0.6) is 11.5 Å². The van der Waals surface area contributed by atoms with Crippen molar-refractivity contribution in [3.8, 4) is 11.5 Å². The Hall–Kier alpha value is -3.35. The lowest BCUT2D eigenvalue weighted by Gasteiger charge is -2.35. The first kappa shape index (κ1) is 19.0. The summed E-state index contributed by atoms with van der Waals surface area (Å²) in [4.78, 5) is 25.7.